The number of hydrogen-bond acceptors (Lipinski definition) is 2. The number of alkyl halides is 3. The molecule has 0 atom stereocenters. The van der Waals surface area contributed by atoms with E-state index in [2.05, 4.69) is 0 Å². The van der Waals surface area contributed by atoms with Gasteiger partial charge < -0.3 is 4.90 Å². The molecule has 1 aromatic rings. The van der Waals surface area contributed by atoms with Gasteiger partial charge in [-0.25, -0.2) is 0 Å². The molecule has 0 bridgehead atoms. The predicted molar refractivity (Wildman–Crippen MR) is 75.7 cm³/mol. The van der Waals surface area contributed by atoms with E-state index in [1.807, 2.05) is 13.8 Å². The average molecular weight is 302 g/mol. The van der Waals surface area contributed by atoms with Gasteiger partial charge in [-0.1, -0.05) is 18.2 Å². The van der Waals surface area contributed by atoms with Gasteiger partial charge in [-0.05, 0) is 32.5 Å². The number of benzene rings is 1. The summed E-state index contributed by atoms with van der Waals surface area (Å²) < 4.78 is 37.9. The van der Waals surface area contributed by atoms with Crippen molar-refractivity contribution in [3.05, 3.63) is 35.4 Å². The van der Waals surface area contributed by atoms with E-state index in [0.29, 0.717) is 25.2 Å². The van der Waals surface area contributed by atoms with Crippen LogP contribution in [0.2, 0.25) is 0 Å². The number of nitrogens with zero attached hydrogens (tertiary/aromatic N) is 2. The second-order valence-electron chi connectivity index (χ2n) is 4.94. The molecule has 0 saturated heterocycles. The molecule has 21 heavy (non-hydrogen) atoms. The molecule has 0 aromatic heterocycles. The van der Waals surface area contributed by atoms with Gasteiger partial charge in [0, 0.05) is 19.6 Å². The lowest BCUT2D eigenvalue weighted by atomic mass is 10.1. The van der Waals surface area contributed by atoms with Gasteiger partial charge in [0.25, 0.3) is 0 Å². The molecule has 0 aliphatic rings. The number of hydrogen-bond donors (Lipinski definition) is 0. The van der Waals surface area contributed by atoms with Crippen LogP contribution in [0.25, 0.3) is 0 Å². The molecular formula is C15H21F3N2O. The number of carbonyl (C=O) groups excluding carboxylic acids is 1. The molecule has 0 aliphatic heterocycles. The largest absolute Gasteiger partial charge is 0.416 e. The van der Waals surface area contributed by atoms with Crippen molar-refractivity contribution in [3.8, 4) is 0 Å². The number of rotatable bonds is 6. The van der Waals surface area contributed by atoms with Crippen molar-refractivity contribution in [2.24, 2.45) is 0 Å². The molecule has 0 fully saturated rings. The summed E-state index contributed by atoms with van der Waals surface area (Å²) in [6, 6.07) is 5.19. The fourth-order valence-electron chi connectivity index (χ4n) is 2.12. The second kappa shape index (κ2) is 7.45. The average Bonchev–Trinajstić information content (AvgIpc) is 2.39. The van der Waals surface area contributed by atoms with Crippen LogP contribution < -0.4 is 0 Å². The maximum Gasteiger partial charge on any atom is 0.416 e. The molecule has 0 heterocycles. The number of carbonyl (C=O) groups is 1. The molecule has 0 radical (unpaired) electrons. The van der Waals surface area contributed by atoms with E-state index in [9.17, 15) is 18.0 Å². The molecule has 0 spiro atoms. The minimum absolute atomic E-state index is 0.0190. The van der Waals surface area contributed by atoms with E-state index in [4.69, 9.17) is 0 Å². The first-order valence-corrected chi connectivity index (χ1v) is 6.90. The van der Waals surface area contributed by atoms with Crippen LogP contribution in [0.4, 0.5) is 13.2 Å². The molecule has 118 valence electrons. The fourth-order valence-corrected chi connectivity index (χ4v) is 2.12. The Labute approximate surface area is 123 Å². The zero-order chi connectivity index (χ0) is 16.0. The number of halogens is 3. The van der Waals surface area contributed by atoms with Crippen LogP contribution in [0.1, 0.15) is 25.0 Å². The zero-order valence-electron chi connectivity index (χ0n) is 12.6. The van der Waals surface area contributed by atoms with Crippen LogP contribution in [-0.4, -0.2) is 42.4 Å². The maximum atomic E-state index is 12.6. The highest BCUT2D eigenvalue weighted by molar-refractivity contribution is 5.78. The van der Waals surface area contributed by atoms with Gasteiger partial charge in [-0.2, -0.15) is 13.2 Å². The van der Waals surface area contributed by atoms with Crippen LogP contribution in [0.5, 0.6) is 0 Å². The highest BCUT2D eigenvalue weighted by atomic mass is 19.4. The van der Waals surface area contributed by atoms with Gasteiger partial charge in [-0.3, -0.25) is 9.69 Å². The van der Waals surface area contributed by atoms with Crippen molar-refractivity contribution in [2.75, 3.05) is 26.7 Å². The van der Waals surface area contributed by atoms with Gasteiger partial charge in [0.1, 0.15) is 0 Å². The number of amides is 1. The van der Waals surface area contributed by atoms with Crippen molar-refractivity contribution in [1.82, 2.24) is 9.80 Å². The molecular weight excluding hydrogens is 281 g/mol. The van der Waals surface area contributed by atoms with E-state index in [1.54, 1.807) is 22.9 Å². The van der Waals surface area contributed by atoms with Crippen molar-refractivity contribution in [2.45, 2.75) is 26.6 Å². The van der Waals surface area contributed by atoms with Gasteiger partial charge in [0.15, 0.2) is 0 Å². The molecule has 1 aromatic carbocycles. The summed E-state index contributed by atoms with van der Waals surface area (Å²) in [5.74, 6) is -0.0190. The first-order valence-electron chi connectivity index (χ1n) is 6.90. The van der Waals surface area contributed by atoms with Gasteiger partial charge in [0.2, 0.25) is 5.91 Å². The summed E-state index contributed by atoms with van der Waals surface area (Å²) in [5.41, 5.74) is -0.122. The van der Waals surface area contributed by atoms with Gasteiger partial charge in [-0.15, -0.1) is 0 Å². The third-order valence-electron chi connectivity index (χ3n) is 3.23. The first-order chi connectivity index (χ1) is 9.77. The van der Waals surface area contributed by atoms with Crippen molar-refractivity contribution in [1.29, 1.82) is 0 Å². The van der Waals surface area contributed by atoms with Crippen LogP contribution in [0.15, 0.2) is 24.3 Å². The summed E-state index contributed by atoms with van der Waals surface area (Å²) in [6.45, 7) is 5.55. The standard InChI is InChI=1S/C15H21F3N2O/c1-4-20(5-2)14(21)11-19(3)10-12-7-6-8-13(9-12)15(16,17)18/h6-9H,4-5,10-11H2,1-3H3. The summed E-state index contributed by atoms with van der Waals surface area (Å²) in [7, 11) is 1.72. The second-order valence-corrected chi connectivity index (χ2v) is 4.94. The van der Waals surface area contributed by atoms with Gasteiger partial charge >= 0.3 is 6.18 Å². The van der Waals surface area contributed by atoms with E-state index in [1.165, 1.54) is 6.07 Å². The van der Waals surface area contributed by atoms with E-state index in [0.717, 1.165) is 12.1 Å². The summed E-state index contributed by atoms with van der Waals surface area (Å²) in [4.78, 5) is 15.4. The Hall–Kier alpha value is -1.56. The summed E-state index contributed by atoms with van der Waals surface area (Å²) in [5, 5.41) is 0. The molecule has 0 N–H and O–H groups in total. The van der Waals surface area contributed by atoms with E-state index in [-0.39, 0.29) is 12.5 Å². The minimum Gasteiger partial charge on any atom is -0.342 e. The lowest BCUT2D eigenvalue weighted by Crippen LogP contribution is -2.38. The Balaban J connectivity index is 2.67. The fraction of sp³-hybridized carbons (Fsp3) is 0.533. The van der Waals surface area contributed by atoms with Crippen LogP contribution in [0.3, 0.4) is 0 Å². The normalized spacial score (nSPS) is 11.8. The van der Waals surface area contributed by atoms with Crippen molar-refractivity contribution in [3.63, 3.8) is 0 Å². The quantitative estimate of drug-likeness (QED) is 0.806. The van der Waals surface area contributed by atoms with E-state index < -0.39 is 11.7 Å². The molecule has 0 unspecified atom stereocenters. The Bertz CT molecular complexity index is 470. The molecule has 0 saturated carbocycles. The lowest BCUT2D eigenvalue weighted by molar-refractivity contribution is -0.137. The van der Waals surface area contributed by atoms with Crippen molar-refractivity contribution >= 4 is 5.91 Å². The monoisotopic (exact) mass is 302 g/mol. The topological polar surface area (TPSA) is 23.6 Å². The molecule has 1 rings (SSSR count). The van der Waals surface area contributed by atoms with Crippen LogP contribution in [0, 0.1) is 0 Å². The molecule has 6 heteroatoms. The molecule has 1 amide bonds. The molecule has 0 aliphatic carbocycles. The summed E-state index contributed by atoms with van der Waals surface area (Å²) >= 11 is 0. The summed E-state index contributed by atoms with van der Waals surface area (Å²) in [6.07, 6.45) is -4.34. The molecule has 3 nitrogen and oxygen atoms in total. The van der Waals surface area contributed by atoms with Crippen LogP contribution >= 0.6 is 0 Å². The van der Waals surface area contributed by atoms with Gasteiger partial charge in [0.05, 0.1) is 12.1 Å². The first kappa shape index (κ1) is 17.5. The Morgan fingerprint density at radius 3 is 2.33 bits per heavy atom. The lowest BCUT2D eigenvalue weighted by Gasteiger charge is -2.23. The third kappa shape index (κ3) is 5.38. The predicted octanol–water partition coefficient (Wildman–Crippen LogP) is 3.01. The highest BCUT2D eigenvalue weighted by Crippen LogP contribution is 2.29. The smallest absolute Gasteiger partial charge is 0.342 e. The van der Waals surface area contributed by atoms with Crippen LogP contribution in [-0.2, 0) is 17.5 Å². The Morgan fingerprint density at radius 2 is 1.81 bits per heavy atom. The Kier molecular flexibility index (Phi) is 6.20. The highest BCUT2D eigenvalue weighted by Gasteiger charge is 2.30. The van der Waals surface area contributed by atoms with Crippen molar-refractivity contribution < 1.29 is 18.0 Å². The maximum absolute atomic E-state index is 12.6. The number of likely N-dealkylation sites (N-methyl/N-ethyl adjacent to an activating group) is 2. The SMILES string of the molecule is CCN(CC)C(=O)CN(C)Cc1cccc(C(F)(F)F)c1. The minimum atomic E-state index is -4.34. The zero-order valence-corrected chi connectivity index (χ0v) is 12.6. The Morgan fingerprint density at radius 1 is 1.19 bits per heavy atom. The van der Waals surface area contributed by atoms with E-state index >= 15 is 0 Å². The third-order valence-corrected chi connectivity index (χ3v) is 3.23.